The molecule has 1 N–H and O–H groups in total. The number of nitrogens with one attached hydrogen (secondary N) is 1. The lowest BCUT2D eigenvalue weighted by molar-refractivity contribution is -0.403. The van der Waals surface area contributed by atoms with Crippen molar-refractivity contribution in [1.29, 1.82) is 0 Å². The van der Waals surface area contributed by atoms with E-state index in [2.05, 4.69) is 5.32 Å². The molecule has 0 bridgehead atoms. The van der Waals surface area contributed by atoms with Crippen LogP contribution in [0, 0.1) is 10.1 Å². The van der Waals surface area contributed by atoms with E-state index in [0.29, 0.717) is 0 Å². The maximum Gasteiger partial charge on any atom is 0.253 e. The van der Waals surface area contributed by atoms with Crippen LogP contribution in [-0.4, -0.2) is 11.5 Å². The maximum atomic E-state index is 10.2. The summed E-state index contributed by atoms with van der Waals surface area (Å²) >= 11 is 0. The van der Waals surface area contributed by atoms with E-state index in [1.54, 1.807) is 0 Å². The summed E-state index contributed by atoms with van der Waals surface area (Å²) in [5, 5.41) is 13.2. The highest BCUT2D eigenvalue weighted by molar-refractivity contribution is 4.95. The van der Waals surface area contributed by atoms with Crippen molar-refractivity contribution in [2.24, 2.45) is 0 Å². The summed E-state index contributed by atoms with van der Waals surface area (Å²) in [4.78, 5) is 9.77. The second-order valence-corrected chi connectivity index (χ2v) is 3.03. The third kappa shape index (κ3) is 3.37. The molecular weight excluding hydrogens is 156 g/mol. The highest BCUT2D eigenvalue weighted by Gasteiger charge is 2.05. The summed E-state index contributed by atoms with van der Waals surface area (Å²) in [6.45, 7) is 0.875. The van der Waals surface area contributed by atoms with Gasteiger partial charge in [0.05, 0.1) is 10.6 Å². The number of rotatable bonds is 1. The van der Waals surface area contributed by atoms with Crippen LogP contribution in [0.4, 0.5) is 0 Å². The van der Waals surface area contributed by atoms with Crippen molar-refractivity contribution in [3.63, 3.8) is 0 Å². The summed E-state index contributed by atoms with van der Waals surface area (Å²) in [6, 6.07) is 0. The van der Waals surface area contributed by atoms with Crippen LogP contribution in [0.25, 0.3) is 0 Å². The molecule has 1 heterocycles. The van der Waals surface area contributed by atoms with Gasteiger partial charge in [-0.25, -0.2) is 0 Å². The average Bonchev–Trinajstić information content (AvgIpc) is 1.93. The van der Waals surface area contributed by atoms with Crippen LogP contribution in [0.15, 0.2) is 11.9 Å². The first kappa shape index (κ1) is 9.03. The molecule has 0 aromatic carbocycles. The van der Waals surface area contributed by atoms with Crippen molar-refractivity contribution in [1.82, 2.24) is 5.32 Å². The monoisotopic (exact) mass is 170 g/mol. The van der Waals surface area contributed by atoms with Crippen LogP contribution in [-0.2, 0) is 0 Å². The fraction of sp³-hybridized carbons (Fsp3) is 0.750. The van der Waals surface area contributed by atoms with Gasteiger partial charge < -0.3 is 5.32 Å². The van der Waals surface area contributed by atoms with E-state index in [4.69, 9.17) is 0 Å². The van der Waals surface area contributed by atoms with Gasteiger partial charge in [-0.1, -0.05) is 12.8 Å². The van der Waals surface area contributed by atoms with Crippen molar-refractivity contribution in [3.05, 3.63) is 22.0 Å². The number of hydrogen-bond acceptors (Lipinski definition) is 3. The van der Waals surface area contributed by atoms with Crippen LogP contribution in [0.2, 0.25) is 0 Å². The molecule has 4 heteroatoms. The van der Waals surface area contributed by atoms with Crippen LogP contribution >= 0.6 is 0 Å². The molecule has 0 unspecified atom stereocenters. The topological polar surface area (TPSA) is 55.2 Å². The molecule has 4 nitrogen and oxygen atoms in total. The molecule has 0 amide bonds. The van der Waals surface area contributed by atoms with Gasteiger partial charge in [-0.3, -0.25) is 10.1 Å². The fourth-order valence-electron chi connectivity index (χ4n) is 1.37. The maximum absolute atomic E-state index is 10.2. The molecule has 0 saturated carbocycles. The first-order valence-corrected chi connectivity index (χ1v) is 4.37. The summed E-state index contributed by atoms with van der Waals surface area (Å²) < 4.78 is 0. The molecule has 12 heavy (non-hydrogen) atoms. The zero-order valence-corrected chi connectivity index (χ0v) is 7.08. The standard InChI is InChI=1S/C8H14N2O2/c11-10(12)7-8-5-3-1-2-4-6-9-8/h7,9H,1-6H2/b8-7+. The molecule has 1 aliphatic heterocycles. The van der Waals surface area contributed by atoms with Gasteiger partial charge in [0.1, 0.15) is 0 Å². The van der Waals surface area contributed by atoms with E-state index in [9.17, 15) is 10.1 Å². The van der Waals surface area contributed by atoms with Crippen molar-refractivity contribution < 1.29 is 4.92 Å². The van der Waals surface area contributed by atoms with E-state index in [1.165, 1.54) is 12.8 Å². The Morgan fingerprint density at radius 1 is 1.33 bits per heavy atom. The molecule has 68 valence electrons. The van der Waals surface area contributed by atoms with E-state index < -0.39 is 0 Å². The molecule has 1 fully saturated rings. The highest BCUT2D eigenvalue weighted by atomic mass is 16.6. The molecule has 1 aliphatic rings. The van der Waals surface area contributed by atoms with Gasteiger partial charge >= 0.3 is 0 Å². The molecule has 1 rings (SSSR count). The summed E-state index contributed by atoms with van der Waals surface area (Å²) in [7, 11) is 0. The molecule has 0 aromatic heterocycles. The number of nitrogens with zero attached hydrogens (tertiary/aromatic N) is 1. The first-order chi connectivity index (χ1) is 5.79. The quantitative estimate of drug-likeness (QED) is 0.481. The lowest BCUT2D eigenvalue weighted by Crippen LogP contribution is -2.17. The van der Waals surface area contributed by atoms with Crippen molar-refractivity contribution in [2.45, 2.75) is 32.1 Å². The number of nitro groups is 1. The SMILES string of the molecule is O=[N+]([O-])/C=C1\CCCCCCN1. The Bertz CT molecular complexity index is 179. The minimum atomic E-state index is -0.385. The lowest BCUT2D eigenvalue weighted by atomic mass is 10.1. The second kappa shape index (κ2) is 4.74. The minimum absolute atomic E-state index is 0.385. The van der Waals surface area contributed by atoms with Crippen LogP contribution in [0.1, 0.15) is 32.1 Å². The number of hydrogen-bond donors (Lipinski definition) is 1. The normalized spacial score (nSPS) is 22.5. The minimum Gasteiger partial charge on any atom is -0.383 e. The predicted molar refractivity (Wildman–Crippen MR) is 46.2 cm³/mol. The molecule has 0 spiro atoms. The van der Waals surface area contributed by atoms with E-state index in [1.807, 2.05) is 0 Å². The van der Waals surface area contributed by atoms with Gasteiger partial charge in [-0.15, -0.1) is 0 Å². The Kier molecular flexibility index (Phi) is 3.57. The summed E-state index contributed by atoms with van der Waals surface area (Å²) in [5.41, 5.74) is 0.778. The zero-order chi connectivity index (χ0) is 8.81. The summed E-state index contributed by atoms with van der Waals surface area (Å²) in [5.74, 6) is 0. The van der Waals surface area contributed by atoms with E-state index >= 15 is 0 Å². The van der Waals surface area contributed by atoms with Crippen LogP contribution in [0.3, 0.4) is 0 Å². The zero-order valence-electron chi connectivity index (χ0n) is 7.08. The number of allylic oxidation sites excluding steroid dienone is 1. The van der Waals surface area contributed by atoms with Gasteiger partial charge in [-0.05, 0) is 19.3 Å². The third-order valence-corrected chi connectivity index (χ3v) is 1.99. The molecule has 0 aliphatic carbocycles. The van der Waals surface area contributed by atoms with Gasteiger partial charge in [0, 0.05) is 6.54 Å². The fourth-order valence-corrected chi connectivity index (χ4v) is 1.37. The van der Waals surface area contributed by atoms with Crippen molar-refractivity contribution in [2.75, 3.05) is 6.54 Å². The molecule has 0 radical (unpaired) electrons. The average molecular weight is 170 g/mol. The Balaban J connectivity index is 2.44. The Labute approximate surface area is 71.8 Å². The largest absolute Gasteiger partial charge is 0.383 e. The van der Waals surface area contributed by atoms with Crippen molar-refractivity contribution in [3.8, 4) is 0 Å². The Morgan fingerprint density at radius 2 is 2.08 bits per heavy atom. The van der Waals surface area contributed by atoms with Crippen molar-refractivity contribution >= 4 is 0 Å². The smallest absolute Gasteiger partial charge is 0.253 e. The third-order valence-electron chi connectivity index (χ3n) is 1.99. The predicted octanol–water partition coefficient (Wildman–Crippen LogP) is 1.66. The van der Waals surface area contributed by atoms with Gasteiger partial charge in [0.15, 0.2) is 0 Å². The van der Waals surface area contributed by atoms with Crippen LogP contribution < -0.4 is 5.32 Å². The van der Waals surface area contributed by atoms with Gasteiger partial charge in [-0.2, -0.15) is 0 Å². The lowest BCUT2D eigenvalue weighted by Gasteiger charge is -2.11. The molecule has 1 saturated heterocycles. The Morgan fingerprint density at radius 3 is 2.83 bits per heavy atom. The van der Waals surface area contributed by atoms with Gasteiger partial charge in [0.2, 0.25) is 0 Å². The molecule has 0 aromatic rings. The first-order valence-electron chi connectivity index (χ1n) is 4.37. The molecule has 0 atom stereocenters. The van der Waals surface area contributed by atoms with Gasteiger partial charge in [0.25, 0.3) is 6.20 Å². The van der Waals surface area contributed by atoms with E-state index in [-0.39, 0.29) is 4.92 Å². The summed E-state index contributed by atoms with van der Waals surface area (Å²) in [6.07, 6.45) is 6.52. The highest BCUT2D eigenvalue weighted by Crippen LogP contribution is 2.11. The second-order valence-electron chi connectivity index (χ2n) is 3.03. The Hall–Kier alpha value is -1.06. The molecular formula is C8H14N2O2. The van der Waals surface area contributed by atoms with E-state index in [0.717, 1.165) is 37.7 Å². The van der Waals surface area contributed by atoms with Crippen LogP contribution in [0.5, 0.6) is 0 Å².